The van der Waals surface area contributed by atoms with Crippen LogP contribution in [0.2, 0.25) is 0 Å². The van der Waals surface area contributed by atoms with Crippen LogP contribution in [0.1, 0.15) is 0 Å². The maximum atomic E-state index is 12.4. The lowest BCUT2D eigenvalue weighted by Crippen LogP contribution is -1.95. The van der Waals surface area contributed by atoms with Crippen LogP contribution in [-0.2, 0) is 4.79 Å². The Morgan fingerprint density at radius 3 is 2.62 bits per heavy atom. The number of rotatable bonds is 3. The fraction of sp³-hybridized carbons (Fsp3) is 0.100. The summed E-state index contributed by atoms with van der Waals surface area (Å²) in [4.78, 5) is 11.6. The Labute approximate surface area is 80.3 Å². The summed E-state index contributed by atoms with van der Waals surface area (Å²) in [6.45, 7) is 0. The Bertz CT molecular complexity index is 337. The van der Waals surface area contributed by atoms with Gasteiger partial charge in [0, 0.05) is 4.90 Å². The number of benzene rings is 1. The minimum absolute atomic E-state index is 0.238. The monoisotopic (exact) mass is 194 g/mol. The summed E-state index contributed by atoms with van der Waals surface area (Å²) in [6, 6.07) is 5.93. The first-order valence-corrected chi connectivity index (χ1v) is 4.59. The van der Waals surface area contributed by atoms with E-state index in [2.05, 4.69) is 0 Å². The largest absolute Gasteiger partial charge is 0.284 e. The molecule has 0 N–H and O–H groups in total. The van der Waals surface area contributed by atoms with Crippen LogP contribution in [0.5, 0.6) is 0 Å². The molecular weight excluding hydrogens is 187 g/mol. The van der Waals surface area contributed by atoms with E-state index in [1.165, 1.54) is 23.9 Å². The third-order valence-electron chi connectivity index (χ3n) is 1.34. The Balaban J connectivity index is 2.52. The summed E-state index contributed by atoms with van der Waals surface area (Å²) in [6.07, 6.45) is 4.89. The van der Waals surface area contributed by atoms with Crippen LogP contribution in [0.3, 0.4) is 0 Å². The van der Waals surface area contributed by atoms with Crippen LogP contribution in [0.15, 0.2) is 29.2 Å². The molecule has 0 aliphatic carbocycles. The standard InChI is InChI=1S/C10H7FOS/c1-2-9(12)7-13-10-5-3-8(11)4-6-10/h1,3-6H,7H2. The Morgan fingerprint density at radius 1 is 1.46 bits per heavy atom. The van der Waals surface area contributed by atoms with Crippen molar-refractivity contribution < 1.29 is 9.18 Å². The van der Waals surface area contributed by atoms with Gasteiger partial charge in [-0.25, -0.2) is 4.39 Å². The van der Waals surface area contributed by atoms with Crippen molar-refractivity contribution in [2.75, 3.05) is 5.75 Å². The molecule has 0 amide bonds. The van der Waals surface area contributed by atoms with Crippen molar-refractivity contribution in [1.29, 1.82) is 0 Å². The van der Waals surface area contributed by atoms with Gasteiger partial charge in [0.25, 0.3) is 0 Å². The highest BCUT2D eigenvalue weighted by Crippen LogP contribution is 2.17. The number of hydrogen-bond acceptors (Lipinski definition) is 2. The van der Waals surface area contributed by atoms with E-state index >= 15 is 0 Å². The number of carbonyl (C=O) groups excluding carboxylic acids is 1. The van der Waals surface area contributed by atoms with E-state index in [1.54, 1.807) is 12.1 Å². The van der Waals surface area contributed by atoms with Gasteiger partial charge in [-0.15, -0.1) is 18.2 Å². The van der Waals surface area contributed by atoms with Gasteiger partial charge >= 0.3 is 0 Å². The SMILES string of the molecule is C#CC(=O)CSc1ccc(F)cc1. The predicted octanol–water partition coefficient (Wildman–Crippen LogP) is 2.12. The number of carbonyl (C=O) groups is 1. The lowest BCUT2D eigenvalue weighted by molar-refractivity contribution is -0.111. The summed E-state index contributed by atoms with van der Waals surface area (Å²) in [7, 11) is 0. The van der Waals surface area contributed by atoms with E-state index in [0.717, 1.165) is 4.90 Å². The first-order chi connectivity index (χ1) is 6.22. The minimum atomic E-state index is -0.285. The average Bonchev–Trinajstić information content (AvgIpc) is 2.16. The van der Waals surface area contributed by atoms with Crippen molar-refractivity contribution in [3.05, 3.63) is 30.1 Å². The summed E-state index contributed by atoms with van der Waals surface area (Å²) in [5.74, 6) is 1.71. The molecule has 1 nitrogen and oxygen atoms in total. The zero-order valence-corrected chi connectivity index (χ0v) is 7.60. The first-order valence-electron chi connectivity index (χ1n) is 3.60. The molecule has 66 valence electrons. The van der Waals surface area contributed by atoms with Gasteiger partial charge < -0.3 is 0 Å². The molecule has 0 bridgehead atoms. The molecule has 0 saturated carbocycles. The Kier molecular flexibility index (Phi) is 3.53. The van der Waals surface area contributed by atoms with E-state index in [1.807, 2.05) is 5.92 Å². The summed E-state index contributed by atoms with van der Waals surface area (Å²) in [5, 5.41) is 0. The molecule has 0 radical (unpaired) electrons. The van der Waals surface area contributed by atoms with Gasteiger partial charge in [0.1, 0.15) is 5.82 Å². The van der Waals surface area contributed by atoms with Crippen molar-refractivity contribution in [2.24, 2.45) is 0 Å². The number of halogens is 1. The second kappa shape index (κ2) is 4.68. The highest BCUT2D eigenvalue weighted by molar-refractivity contribution is 8.00. The van der Waals surface area contributed by atoms with E-state index in [9.17, 15) is 9.18 Å². The number of Topliss-reactive ketones (excluding diaryl/α,β-unsaturated/α-hetero) is 1. The normalized spacial score (nSPS) is 9.23. The second-order valence-corrected chi connectivity index (χ2v) is 3.36. The third kappa shape index (κ3) is 3.30. The molecular formula is C10H7FOS. The first kappa shape index (κ1) is 9.82. The third-order valence-corrected chi connectivity index (χ3v) is 2.36. The van der Waals surface area contributed by atoms with E-state index in [4.69, 9.17) is 6.42 Å². The number of ketones is 1. The van der Waals surface area contributed by atoms with Gasteiger partial charge in [-0.2, -0.15) is 0 Å². The van der Waals surface area contributed by atoms with E-state index < -0.39 is 0 Å². The van der Waals surface area contributed by atoms with Gasteiger partial charge in [-0.3, -0.25) is 4.79 Å². The lowest BCUT2D eigenvalue weighted by atomic mass is 10.4. The van der Waals surface area contributed by atoms with Crippen molar-refractivity contribution in [2.45, 2.75) is 4.90 Å². The van der Waals surface area contributed by atoms with Gasteiger partial charge in [-0.05, 0) is 30.2 Å². The molecule has 0 spiro atoms. The lowest BCUT2D eigenvalue weighted by Gasteiger charge is -1.96. The van der Waals surface area contributed by atoms with Crippen LogP contribution in [0.4, 0.5) is 4.39 Å². The smallest absolute Gasteiger partial charge is 0.215 e. The summed E-state index contributed by atoms with van der Waals surface area (Å²) >= 11 is 1.30. The molecule has 0 fully saturated rings. The van der Waals surface area contributed by atoms with Crippen LogP contribution in [-0.4, -0.2) is 11.5 Å². The molecule has 0 aromatic heterocycles. The van der Waals surface area contributed by atoms with Gasteiger partial charge in [0.15, 0.2) is 0 Å². The maximum Gasteiger partial charge on any atom is 0.215 e. The second-order valence-electron chi connectivity index (χ2n) is 2.31. The Hall–Kier alpha value is -1.27. The van der Waals surface area contributed by atoms with Crippen LogP contribution >= 0.6 is 11.8 Å². The molecule has 0 heterocycles. The molecule has 1 aromatic rings. The number of thioether (sulfide) groups is 1. The zero-order valence-electron chi connectivity index (χ0n) is 6.79. The summed E-state index contributed by atoms with van der Waals surface area (Å²) in [5.41, 5.74) is 0. The fourth-order valence-electron chi connectivity index (χ4n) is 0.721. The molecule has 0 aliphatic rings. The fourth-order valence-corrected chi connectivity index (χ4v) is 1.43. The molecule has 0 aliphatic heterocycles. The van der Waals surface area contributed by atoms with Crippen LogP contribution < -0.4 is 0 Å². The average molecular weight is 194 g/mol. The van der Waals surface area contributed by atoms with Gasteiger partial charge in [0.05, 0.1) is 5.75 Å². The number of terminal acetylenes is 1. The molecule has 0 saturated heterocycles. The molecule has 13 heavy (non-hydrogen) atoms. The molecule has 1 rings (SSSR count). The summed E-state index contributed by atoms with van der Waals surface area (Å²) < 4.78 is 12.4. The van der Waals surface area contributed by atoms with Crippen molar-refractivity contribution in [3.8, 4) is 12.3 Å². The van der Waals surface area contributed by atoms with Crippen molar-refractivity contribution in [1.82, 2.24) is 0 Å². The van der Waals surface area contributed by atoms with Crippen molar-refractivity contribution in [3.63, 3.8) is 0 Å². The molecule has 0 unspecified atom stereocenters. The molecule has 3 heteroatoms. The van der Waals surface area contributed by atoms with Crippen molar-refractivity contribution >= 4 is 17.5 Å². The minimum Gasteiger partial charge on any atom is -0.284 e. The van der Waals surface area contributed by atoms with E-state index in [0.29, 0.717) is 0 Å². The molecule has 1 aromatic carbocycles. The quantitative estimate of drug-likeness (QED) is 0.416. The maximum absolute atomic E-state index is 12.4. The highest BCUT2D eigenvalue weighted by Gasteiger charge is 1.98. The topological polar surface area (TPSA) is 17.1 Å². The highest BCUT2D eigenvalue weighted by atomic mass is 32.2. The number of hydrogen-bond donors (Lipinski definition) is 0. The van der Waals surface area contributed by atoms with E-state index in [-0.39, 0.29) is 17.4 Å². The Morgan fingerprint density at radius 2 is 2.08 bits per heavy atom. The zero-order chi connectivity index (χ0) is 9.68. The van der Waals surface area contributed by atoms with Crippen LogP contribution in [0, 0.1) is 18.2 Å². The predicted molar refractivity (Wildman–Crippen MR) is 51.0 cm³/mol. The van der Waals surface area contributed by atoms with Gasteiger partial charge in [0.2, 0.25) is 5.78 Å². The molecule has 0 atom stereocenters. The van der Waals surface area contributed by atoms with Crippen LogP contribution in [0.25, 0.3) is 0 Å². The van der Waals surface area contributed by atoms with Gasteiger partial charge in [-0.1, -0.05) is 0 Å².